The zero-order chi connectivity index (χ0) is 8.27. The Balaban J connectivity index is 2.44. The maximum atomic E-state index is 3.94. The van der Waals surface area contributed by atoms with Gasteiger partial charge < -0.3 is 9.88 Å². The van der Waals surface area contributed by atoms with Crippen LogP contribution in [0.4, 0.5) is 0 Å². The van der Waals surface area contributed by atoms with Crippen LogP contribution in [0.2, 0.25) is 0 Å². The third kappa shape index (κ3) is 2.31. The molecule has 1 aromatic rings. The topological polar surface area (TPSA) is 42.7 Å². The second kappa shape index (κ2) is 3.48. The fraction of sp³-hybridized carbons (Fsp3) is 0.714. The highest BCUT2D eigenvalue weighted by molar-refractivity contribution is 4.83. The van der Waals surface area contributed by atoms with Crippen LogP contribution in [-0.2, 0) is 13.6 Å². The molecule has 1 heterocycles. The summed E-state index contributed by atoms with van der Waals surface area (Å²) in [6, 6.07) is 0.492. The van der Waals surface area contributed by atoms with E-state index in [1.807, 2.05) is 11.6 Å². The van der Waals surface area contributed by atoms with Gasteiger partial charge in [0.1, 0.15) is 12.2 Å². The zero-order valence-electron chi connectivity index (χ0n) is 7.20. The molecule has 0 saturated heterocycles. The second-order valence-corrected chi connectivity index (χ2v) is 2.89. The summed E-state index contributed by atoms with van der Waals surface area (Å²) in [5.74, 6) is 0.971. The molecule has 0 radical (unpaired) electrons. The molecule has 0 unspecified atom stereocenters. The first-order valence-corrected chi connectivity index (χ1v) is 3.76. The van der Waals surface area contributed by atoms with Crippen LogP contribution in [0.1, 0.15) is 19.7 Å². The van der Waals surface area contributed by atoms with Crippen molar-refractivity contribution in [3.63, 3.8) is 0 Å². The lowest BCUT2D eigenvalue weighted by atomic mass is 10.4. The Kier molecular flexibility index (Phi) is 2.59. The SMILES string of the molecule is CC(C)NCc1nncn1C. The van der Waals surface area contributed by atoms with Gasteiger partial charge >= 0.3 is 0 Å². The summed E-state index contributed by atoms with van der Waals surface area (Å²) in [5, 5.41) is 11.0. The van der Waals surface area contributed by atoms with E-state index in [9.17, 15) is 0 Å². The largest absolute Gasteiger partial charge is 0.320 e. The van der Waals surface area contributed by atoms with Crippen molar-refractivity contribution in [1.82, 2.24) is 20.1 Å². The Bertz CT molecular complexity index is 216. The van der Waals surface area contributed by atoms with Crippen LogP contribution in [0, 0.1) is 0 Å². The molecule has 0 spiro atoms. The van der Waals surface area contributed by atoms with Crippen molar-refractivity contribution in [3.05, 3.63) is 12.2 Å². The average molecular weight is 154 g/mol. The third-order valence-corrected chi connectivity index (χ3v) is 1.47. The van der Waals surface area contributed by atoms with E-state index < -0.39 is 0 Å². The van der Waals surface area contributed by atoms with Crippen LogP contribution >= 0.6 is 0 Å². The van der Waals surface area contributed by atoms with Crippen molar-refractivity contribution in [2.45, 2.75) is 26.4 Å². The Morgan fingerprint density at radius 2 is 2.36 bits per heavy atom. The molecule has 4 heteroatoms. The molecule has 4 nitrogen and oxygen atoms in total. The highest BCUT2D eigenvalue weighted by atomic mass is 15.3. The van der Waals surface area contributed by atoms with Gasteiger partial charge in [-0.25, -0.2) is 0 Å². The average Bonchev–Trinajstić information content (AvgIpc) is 2.31. The van der Waals surface area contributed by atoms with E-state index >= 15 is 0 Å². The van der Waals surface area contributed by atoms with Gasteiger partial charge in [-0.3, -0.25) is 0 Å². The van der Waals surface area contributed by atoms with Crippen LogP contribution in [0.3, 0.4) is 0 Å². The van der Waals surface area contributed by atoms with Gasteiger partial charge in [0.05, 0.1) is 6.54 Å². The number of hydrogen-bond acceptors (Lipinski definition) is 3. The number of nitrogens with zero attached hydrogens (tertiary/aromatic N) is 3. The van der Waals surface area contributed by atoms with Crippen molar-refractivity contribution < 1.29 is 0 Å². The Morgan fingerprint density at radius 3 is 2.82 bits per heavy atom. The molecule has 0 aromatic carbocycles. The maximum Gasteiger partial charge on any atom is 0.146 e. The molecule has 0 aliphatic carbocycles. The first-order chi connectivity index (χ1) is 5.20. The van der Waals surface area contributed by atoms with Crippen LogP contribution in [-0.4, -0.2) is 20.8 Å². The normalized spacial score (nSPS) is 10.9. The van der Waals surface area contributed by atoms with Gasteiger partial charge in [0.25, 0.3) is 0 Å². The molecule has 0 aliphatic rings. The molecule has 1 rings (SSSR count). The molecule has 0 fully saturated rings. The summed E-state index contributed by atoms with van der Waals surface area (Å²) in [4.78, 5) is 0. The van der Waals surface area contributed by atoms with Gasteiger partial charge in [0, 0.05) is 13.1 Å². The smallest absolute Gasteiger partial charge is 0.146 e. The minimum absolute atomic E-state index is 0.492. The highest BCUT2D eigenvalue weighted by Gasteiger charge is 1.99. The predicted molar refractivity (Wildman–Crippen MR) is 43.0 cm³/mol. The maximum absolute atomic E-state index is 3.94. The molecular weight excluding hydrogens is 140 g/mol. The Morgan fingerprint density at radius 1 is 1.64 bits per heavy atom. The summed E-state index contributed by atoms with van der Waals surface area (Å²) in [7, 11) is 1.94. The standard InChI is InChI=1S/C7H14N4/c1-6(2)8-4-7-10-9-5-11(7)3/h5-6,8H,4H2,1-3H3. The third-order valence-electron chi connectivity index (χ3n) is 1.47. The number of aryl methyl sites for hydroxylation is 1. The lowest BCUT2D eigenvalue weighted by Crippen LogP contribution is -2.23. The number of nitrogens with one attached hydrogen (secondary N) is 1. The number of aromatic nitrogens is 3. The molecule has 11 heavy (non-hydrogen) atoms. The van der Waals surface area contributed by atoms with Gasteiger partial charge in [0.2, 0.25) is 0 Å². The van der Waals surface area contributed by atoms with E-state index in [-0.39, 0.29) is 0 Å². The molecule has 0 bridgehead atoms. The van der Waals surface area contributed by atoms with Crippen molar-refractivity contribution in [3.8, 4) is 0 Å². The van der Waals surface area contributed by atoms with E-state index in [1.165, 1.54) is 0 Å². The summed E-state index contributed by atoms with van der Waals surface area (Å²) in [5.41, 5.74) is 0. The van der Waals surface area contributed by atoms with E-state index in [4.69, 9.17) is 0 Å². The monoisotopic (exact) mass is 154 g/mol. The zero-order valence-corrected chi connectivity index (χ0v) is 7.20. The quantitative estimate of drug-likeness (QED) is 0.681. The summed E-state index contributed by atoms with van der Waals surface area (Å²) >= 11 is 0. The molecule has 0 amide bonds. The molecule has 0 aliphatic heterocycles. The van der Waals surface area contributed by atoms with E-state index in [2.05, 4.69) is 29.4 Å². The van der Waals surface area contributed by atoms with E-state index in [1.54, 1.807) is 6.33 Å². The lowest BCUT2D eigenvalue weighted by Gasteiger charge is -2.06. The molecule has 62 valence electrons. The van der Waals surface area contributed by atoms with Gasteiger partial charge in [-0.1, -0.05) is 13.8 Å². The van der Waals surface area contributed by atoms with Crippen LogP contribution in [0.15, 0.2) is 6.33 Å². The summed E-state index contributed by atoms with van der Waals surface area (Å²) < 4.78 is 1.91. The Hall–Kier alpha value is -0.900. The van der Waals surface area contributed by atoms with Crippen molar-refractivity contribution >= 4 is 0 Å². The van der Waals surface area contributed by atoms with Crippen LogP contribution in [0.25, 0.3) is 0 Å². The van der Waals surface area contributed by atoms with Gasteiger partial charge in [-0.15, -0.1) is 10.2 Å². The molecular formula is C7H14N4. The minimum atomic E-state index is 0.492. The molecule has 0 atom stereocenters. The van der Waals surface area contributed by atoms with Gasteiger partial charge in [-0.2, -0.15) is 0 Å². The fourth-order valence-electron chi connectivity index (χ4n) is 0.763. The van der Waals surface area contributed by atoms with Crippen LogP contribution in [0.5, 0.6) is 0 Å². The second-order valence-electron chi connectivity index (χ2n) is 2.89. The van der Waals surface area contributed by atoms with Gasteiger partial charge in [0.15, 0.2) is 0 Å². The minimum Gasteiger partial charge on any atom is -0.320 e. The lowest BCUT2D eigenvalue weighted by molar-refractivity contribution is 0.560. The molecule has 0 saturated carbocycles. The fourth-order valence-corrected chi connectivity index (χ4v) is 0.763. The van der Waals surface area contributed by atoms with E-state index in [0.29, 0.717) is 6.04 Å². The number of rotatable bonds is 3. The predicted octanol–water partition coefficient (Wildman–Crippen LogP) is 0.313. The first kappa shape index (κ1) is 8.20. The van der Waals surface area contributed by atoms with Gasteiger partial charge in [-0.05, 0) is 0 Å². The highest BCUT2D eigenvalue weighted by Crippen LogP contribution is 1.90. The summed E-state index contributed by atoms with van der Waals surface area (Å²) in [6.45, 7) is 5.00. The van der Waals surface area contributed by atoms with Crippen molar-refractivity contribution in [1.29, 1.82) is 0 Å². The number of hydrogen-bond donors (Lipinski definition) is 1. The molecule has 1 aromatic heterocycles. The Labute approximate surface area is 66.6 Å². The summed E-state index contributed by atoms with van der Waals surface area (Å²) in [6.07, 6.45) is 1.71. The first-order valence-electron chi connectivity index (χ1n) is 3.76. The van der Waals surface area contributed by atoms with Crippen molar-refractivity contribution in [2.75, 3.05) is 0 Å². The van der Waals surface area contributed by atoms with Crippen molar-refractivity contribution in [2.24, 2.45) is 7.05 Å². The van der Waals surface area contributed by atoms with E-state index in [0.717, 1.165) is 12.4 Å². The van der Waals surface area contributed by atoms with Crippen LogP contribution < -0.4 is 5.32 Å². The molecule has 1 N–H and O–H groups in total.